The maximum atomic E-state index is 4.66. The normalized spacial score (nSPS) is 12.3. The molecule has 1 heterocycles. The fourth-order valence-electron chi connectivity index (χ4n) is 1.86. The Morgan fingerprint density at radius 3 is 2.58 bits per heavy atom. The number of pyridine rings is 1. The van der Waals surface area contributed by atoms with Gasteiger partial charge in [0.25, 0.3) is 0 Å². The molecule has 2 aromatic rings. The van der Waals surface area contributed by atoms with Gasteiger partial charge in [-0.3, -0.25) is 4.98 Å². The van der Waals surface area contributed by atoms with Crippen LogP contribution in [0.15, 0.2) is 36.4 Å². The van der Waals surface area contributed by atoms with Crippen molar-refractivity contribution in [2.24, 2.45) is 0 Å². The van der Waals surface area contributed by atoms with Crippen LogP contribution in [0, 0.1) is 0 Å². The number of benzene rings is 1. The molecule has 0 unspecified atom stereocenters. The number of nitrogens with zero attached hydrogens (tertiary/aromatic N) is 2. The van der Waals surface area contributed by atoms with Crippen LogP contribution in [0.5, 0.6) is 0 Å². The molecular weight excluding hydrogens is 234 g/mol. The highest BCUT2D eigenvalue weighted by molar-refractivity contribution is 5.78. The van der Waals surface area contributed by atoms with Gasteiger partial charge in [0, 0.05) is 24.0 Å². The minimum atomic E-state index is 0.150. The van der Waals surface area contributed by atoms with Crippen LogP contribution in [-0.4, -0.2) is 36.1 Å². The van der Waals surface area contributed by atoms with Crippen LogP contribution in [-0.2, 0) is 6.54 Å². The van der Waals surface area contributed by atoms with Crippen molar-refractivity contribution in [3.05, 3.63) is 42.1 Å². The van der Waals surface area contributed by atoms with Gasteiger partial charge in [0.1, 0.15) is 0 Å². The largest absolute Gasteiger partial charge is 0.309 e. The molecule has 0 aliphatic carbocycles. The van der Waals surface area contributed by atoms with Crippen molar-refractivity contribution >= 4 is 10.9 Å². The Balaban J connectivity index is 1.98. The summed E-state index contributed by atoms with van der Waals surface area (Å²) in [5, 5.41) is 4.68. The molecule has 0 atom stereocenters. The first-order chi connectivity index (χ1) is 8.99. The SMILES string of the molecule is CN(C)C(C)(C)CNCc1ccc2ccccc2n1. The van der Waals surface area contributed by atoms with Crippen LogP contribution in [0.2, 0.25) is 0 Å². The molecule has 1 N–H and O–H groups in total. The quantitative estimate of drug-likeness (QED) is 0.892. The van der Waals surface area contributed by atoms with Crippen molar-refractivity contribution in [2.75, 3.05) is 20.6 Å². The summed E-state index contributed by atoms with van der Waals surface area (Å²) in [6.45, 7) is 6.21. The first-order valence-corrected chi connectivity index (χ1v) is 6.72. The Labute approximate surface area is 115 Å². The van der Waals surface area contributed by atoms with Gasteiger partial charge in [0.15, 0.2) is 0 Å². The molecule has 102 valence electrons. The van der Waals surface area contributed by atoms with Crippen LogP contribution in [0.4, 0.5) is 0 Å². The number of para-hydroxylation sites is 1. The second-order valence-corrected chi connectivity index (χ2v) is 5.81. The van der Waals surface area contributed by atoms with E-state index < -0.39 is 0 Å². The zero-order valence-electron chi connectivity index (χ0n) is 12.3. The van der Waals surface area contributed by atoms with Crippen LogP contribution in [0.25, 0.3) is 10.9 Å². The maximum absolute atomic E-state index is 4.66. The monoisotopic (exact) mass is 257 g/mol. The fraction of sp³-hybridized carbons (Fsp3) is 0.438. The highest BCUT2D eigenvalue weighted by Crippen LogP contribution is 2.12. The van der Waals surface area contributed by atoms with Crippen molar-refractivity contribution in [2.45, 2.75) is 25.9 Å². The lowest BCUT2D eigenvalue weighted by Gasteiger charge is -2.32. The number of fused-ring (bicyclic) bond motifs is 1. The molecule has 19 heavy (non-hydrogen) atoms. The van der Waals surface area contributed by atoms with Crippen molar-refractivity contribution in [3.63, 3.8) is 0 Å². The number of rotatable bonds is 5. The Morgan fingerprint density at radius 2 is 1.84 bits per heavy atom. The first-order valence-electron chi connectivity index (χ1n) is 6.72. The van der Waals surface area contributed by atoms with Gasteiger partial charge in [-0.1, -0.05) is 24.3 Å². The van der Waals surface area contributed by atoms with Crippen molar-refractivity contribution < 1.29 is 0 Å². The number of hydrogen-bond acceptors (Lipinski definition) is 3. The predicted octanol–water partition coefficient (Wildman–Crippen LogP) is 2.66. The summed E-state index contributed by atoms with van der Waals surface area (Å²) in [5.41, 5.74) is 2.30. The molecule has 0 saturated carbocycles. The van der Waals surface area contributed by atoms with E-state index in [0.717, 1.165) is 24.3 Å². The molecule has 0 radical (unpaired) electrons. The summed E-state index contributed by atoms with van der Waals surface area (Å²) >= 11 is 0. The first kappa shape index (κ1) is 14.0. The molecule has 1 aromatic heterocycles. The van der Waals surface area contributed by atoms with Gasteiger partial charge >= 0.3 is 0 Å². The third-order valence-corrected chi connectivity index (χ3v) is 3.73. The van der Waals surface area contributed by atoms with Crippen molar-refractivity contribution in [1.29, 1.82) is 0 Å². The van der Waals surface area contributed by atoms with E-state index in [0.29, 0.717) is 0 Å². The summed E-state index contributed by atoms with van der Waals surface area (Å²) in [4.78, 5) is 6.89. The van der Waals surface area contributed by atoms with Gasteiger partial charge in [0.05, 0.1) is 11.2 Å². The Bertz CT molecular complexity index is 546. The standard InChI is InChI=1S/C16H23N3/c1-16(2,19(3)4)12-17-11-14-10-9-13-7-5-6-8-15(13)18-14/h5-10,17H,11-12H2,1-4H3. The Hall–Kier alpha value is -1.45. The van der Waals surface area contributed by atoms with Gasteiger partial charge in [-0.2, -0.15) is 0 Å². The Kier molecular flexibility index (Phi) is 4.17. The van der Waals surface area contributed by atoms with Crippen molar-refractivity contribution in [1.82, 2.24) is 15.2 Å². The number of nitrogens with one attached hydrogen (secondary N) is 1. The molecule has 0 aliphatic heterocycles. The molecule has 1 aromatic carbocycles. The fourth-order valence-corrected chi connectivity index (χ4v) is 1.86. The van der Waals surface area contributed by atoms with Gasteiger partial charge in [-0.25, -0.2) is 0 Å². The smallest absolute Gasteiger partial charge is 0.0705 e. The summed E-state index contributed by atoms with van der Waals surface area (Å²) in [7, 11) is 4.21. The van der Waals surface area contributed by atoms with Gasteiger partial charge in [-0.15, -0.1) is 0 Å². The second kappa shape index (κ2) is 5.68. The lowest BCUT2D eigenvalue weighted by molar-refractivity contribution is 0.189. The summed E-state index contributed by atoms with van der Waals surface area (Å²) in [6, 6.07) is 12.5. The molecular formula is C16H23N3. The summed E-state index contributed by atoms with van der Waals surface area (Å²) < 4.78 is 0. The van der Waals surface area contributed by atoms with E-state index in [2.05, 4.69) is 67.4 Å². The third kappa shape index (κ3) is 3.52. The third-order valence-electron chi connectivity index (χ3n) is 3.73. The highest BCUT2D eigenvalue weighted by Gasteiger charge is 2.19. The van der Waals surface area contributed by atoms with E-state index in [4.69, 9.17) is 0 Å². The van der Waals surface area contributed by atoms with Crippen LogP contribution < -0.4 is 5.32 Å². The zero-order valence-corrected chi connectivity index (χ0v) is 12.3. The van der Waals surface area contributed by atoms with Gasteiger partial charge in [0.2, 0.25) is 0 Å². The van der Waals surface area contributed by atoms with E-state index in [1.165, 1.54) is 5.39 Å². The molecule has 0 fully saturated rings. The second-order valence-electron chi connectivity index (χ2n) is 5.81. The van der Waals surface area contributed by atoms with Crippen LogP contribution >= 0.6 is 0 Å². The average molecular weight is 257 g/mol. The van der Waals surface area contributed by atoms with Crippen LogP contribution in [0.3, 0.4) is 0 Å². The van der Waals surface area contributed by atoms with Gasteiger partial charge < -0.3 is 10.2 Å². The molecule has 0 aliphatic rings. The molecule has 3 heteroatoms. The number of aromatic nitrogens is 1. The predicted molar refractivity (Wildman–Crippen MR) is 81.2 cm³/mol. The molecule has 0 saturated heterocycles. The van der Waals surface area contributed by atoms with E-state index in [1.54, 1.807) is 0 Å². The molecule has 0 bridgehead atoms. The van der Waals surface area contributed by atoms with Gasteiger partial charge in [-0.05, 0) is 40.1 Å². The van der Waals surface area contributed by atoms with Crippen molar-refractivity contribution in [3.8, 4) is 0 Å². The molecule has 2 rings (SSSR count). The van der Waals surface area contributed by atoms with E-state index in [-0.39, 0.29) is 5.54 Å². The topological polar surface area (TPSA) is 28.2 Å². The van der Waals surface area contributed by atoms with E-state index in [9.17, 15) is 0 Å². The minimum Gasteiger partial charge on any atom is -0.309 e. The lowest BCUT2D eigenvalue weighted by Crippen LogP contribution is -2.46. The number of likely N-dealkylation sites (N-methyl/N-ethyl adjacent to an activating group) is 1. The summed E-state index contributed by atoms with van der Waals surface area (Å²) in [5.74, 6) is 0. The summed E-state index contributed by atoms with van der Waals surface area (Å²) in [6.07, 6.45) is 0. The van der Waals surface area contributed by atoms with E-state index >= 15 is 0 Å². The number of hydrogen-bond donors (Lipinski definition) is 1. The van der Waals surface area contributed by atoms with E-state index in [1.807, 2.05) is 12.1 Å². The average Bonchev–Trinajstić information content (AvgIpc) is 2.38. The lowest BCUT2D eigenvalue weighted by atomic mass is 10.0. The Morgan fingerprint density at radius 1 is 1.11 bits per heavy atom. The molecule has 0 spiro atoms. The highest BCUT2D eigenvalue weighted by atomic mass is 15.2. The zero-order chi connectivity index (χ0) is 13.9. The minimum absolute atomic E-state index is 0.150. The maximum Gasteiger partial charge on any atom is 0.0705 e. The van der Waals surface area contributed by atoms with Crippen LogP contribution in [0.1, 0.15) is 19.5 Å². The molecule has 0 amide bonds. The molecule has 3 nitrogen and oxygen atoms in total.